The van der Waals surface area contributed by atoms with Crippen LogP contribution < -0.4 is 9.62 Å². The van der Waals surface area contributed by atoms with Crippen LogP contribution in [0.3, 0.4) is 0 Å². The predicted octanol–water partition coefficient (Wildman–Crippen LogP) is 3.26. The largest absolute Gasteiger partial charge is 0.322 e. The maximum atomic E-state index is 12.6. The first-order valence-electron chi connectivity index (χ1n) is 7.53. The molecule has 0 aliphatic heterocycles. The number of benzene rings is 2. The normalized spacial score (nSPS) is 11.2. The molecule has 0 bridgehead atoms. The molecule has 2 rings (SSSR count). The number of rotatable bonds is 4. The van der Waals surface area contributed by atoms with Gasteiger partial charge in [-0.1, -0.05) is 18.2 Å². The lowest BCUT2D eigenvalue weighted by atomic mass is 10.1. The Morgan fingerprint density at radius 2 is 1.75 bits per heavy atom. The van der Waals surface area contributed by atoms with Gasteiger partial charge in [-0.05, 0) is 55.7 Å². The molecule has 0 atom stereocenters. The van der Waals surface area contributed by atoms with Gasteiger partial charge in [0.25, 0.3) is 5.91 Å². The van der Waals surface area contributed by atoms with Gasteiger partial charge in [0.2, 0.25) is 10.0 Å². The van der Waals surface area contributed by atoms with Gasteiger partial charge < -0.3 is 5.32 Å². The molecule has 0 radical (unpaired) electrons. The molecule has 24 heavy (non-hydrogen) atoms. The highest BCUT2D eigenvalue weighted by molar-refractivity contribution is 7.92. The summed E-state index contributed by atoms with van der Waals surface area (Å²) in [5.41, 5.74) is 4.33. The Morgan fingerprint density at radius 1 is 1.08 bits per heavy atom. The summed E-state index contributed by atoms with van der Waals surface area (Å²) in [6, 6.07) is 10.9. The van der Waals surface area contributed by atoms with Crippen molar-refractivity contribution in [1.29, 1.82) is 0 Å². The minimum absolute atomic E-state index is 0.259. The molecule has 2 aromatic rings. The minimum Gasteiger partial charge on any atom is -0.322 e. The number of amides is 1. The van der Waals surface area contributed by atoms with Crippen LogP contribution in [0.5, 0.6) is 0 Å². The molecule has 1 N–H and O–H groups in total. The van der Waals surface area contributed by atoms with Crippen LogP contribution in [0.2, 0.25) is 0 Å². The fourth-order valence-electron chi connectivity index (χ4n) is 2.45. The summed E-state index contributed by atoms with van der Waals surface area (Å²) >= 11 is 0. The molecule has 0 unspecified atom stereocenters. The lowest BCUT2D eigenvalue weighted by Crippen LogP contribution is -2.26. The molecular formula is C18H22N2O3S. The fourth-order valence-corrected chi connectivity index (χ4v) is 3.00. The topological polar surface area (TPSA) is 66.5 Å². The molecule has 0 spiro atoms. The van der Waals surface area contributed by atoms with Crippen LogP contribution in [0.4, 0.5) is 11.4 Å². The van der Waals surface area contributed by atoms with E-state index in [1.165, 1.54) is 11.4 Å². The molecule has 0 saturated heterocycles. The number of aryl methyl sites for hydroxylation is 2. The number of nitrogens with one attached hydrogen (secondary N) is 1. The van der Waals surface area contributed by atoms with Crippen LogP contribution in [0.25, 0.3) is 0 Å². The third-order valence-electron chi connectivity index (χ3n) is 4.03. The van der Waals surface area contributed by atoms with Crippen molar-refractivity contribution >= 4 is 27.3 Å². The smallest absolute Gasteiger partial charge is 0.256 e. The Kier molecular flexibility index (Phi) is 4.99. The van der Waals surface area contributed by atoms with Crippen molar-refractivity contribution in [3.8, 4) is 0 Å². The predicted molar refractivity (Wildman–Crippen MR) is 98.3 cm³/mol. The highest BCUT2D eigenvalue weighted by Gasteiger charge is 2.18. The van der Waals surface area contributed by atoms with E-state index in [1.807, 2.05) is 32.0 Å². The monoisotopic (exact) mass is 346 g/mol. The van der Waals surface area contributed by atoms with Crippen LogP contribution in [-0.2, 0) is 10.0 Å². The van der Waals surface area contributed by atoms with Crippen LogP contribution in [0, 0.1) is 20.8 Å². The summed E-state index contributed by atoms with van der Waals surface area (Å²) in [5.74, 6) is -0.259. The van der Waals surface area contributed by atoms with Crippen molar-refractivity contribution in [3.05, 3.63) is 58.7 Å². The van der Waals surface area contributed by atoms with Gasteiger partial charge in [-0.15, -0.1) is 0 Å². The lowest BCUT2D eigenvalue weighted by Gasteiger charge is -2.20. The summed E-state index contributed by atoms with van der Waals surface area (Å²) in [4.78, 5) is 12.6. The van der Waals surface area contributed by atoms with Crippen molar-refractivity contribution in [3.63, 3.8) is 0 Å². The Morgan fingerprint density at radius 3 is 2.38 bits per heavy atom. The maximum absolute atomic E-state index is 12.6. The molecule has 5 nitrogen and oxygen atoms in total. The zero-order valence-electron chi connectivity index (χ0n) is 14.5. The van der Waals surface area contributed by atoms with Gasteiger partial charge in [-0.25, -0.2) is 8.42 Å². The van der Waals surface area contributed by atoms with Crippen molar-refractivity contribution in [2.24, 2.45) is 0 Å². The maximum Gasteiger partial charge on any atom is 0.256 e. The summed E-state index contributed by atoms with van der Waals surface area (Å²) in [6.07, 6.45) is 1.13. The Bertz CT molecular complexity index is 889. The van der Waals surface area contributed by atoms with Crippen molar-refractivity contribution in [2.45, 2.75) is 20.8 Å². The number of hydrogen-bond donors (Lipinski definition) is 1. The average Bonchev–Trinajstić information content (AvgIpc) is 2.49. The van der Waals surface area contributed by atoms with E-state index in [9.17, 15) is 13.2 Å². The standard InChI is InChI=1S/C18H22N2O3S/c1-12-9-10-13(2)16(11-12)19-18(21)15-7-6-8-17(14(15)3)20(4)24(5,22)23/h6-11H,1-5H3,(H,19,21). The van der Waals surface area contributed by atoms with E-state index in [0.717, 1.165) is 23.1 Å². The highest BCUT2D eigenvalue weighted by Crippen LogP contribution is 2.25. The third kappa shape index (κ3) is 3.76. The molecule has 2 aromatic carbocycles. The first-order chi connectivity index (χ1) is 11.1. The first-order valence-corrected chi connectivity index (χ1v) is 9.38. The average molecular weight is 346 g/mol. The van der Waals surface area contributed by atoms with Crippen LogP contribution in [0.1, 0.15) is 27.0 Å². The number of carbonyl (C=O) groups is 1. The second kappa shape index (κ2) is 6.65. The van der Waals surface area contributed by atoms with Crippen molar-refractivity contribution in [2.75, 3.05) is 22.9 Å². The summed E-state index contributed by atoms with van der Waals surface area (Å²) in [6.45, 7) is 5.63. The third-order valence-corrected chi connectivity index (χ3v) is 5.22. The minimum atomic E-state index is -3.39. The molecule has 0 aliphatic rings. The van der Waals surface area contributed by atoms with Crippen molar-refractivity contribution < 1.29 is 13.2 Å². The van der Waals surface area contributed by atoms with Crippen LogP contribution >= 0.6 is 0 Å². The van der Waals surface area contributed by atoms with E-state index in [2.05, 4.69) is 5.32 Å². The summed E-state index contributed by atoms with van der Waals surface area (Å²) < 4.78 is 24.7. The fraction of sp³-hybridized carbons (Fsp3) is 0.278. The van der Waals surface area contributed by atoms with Gasteiger partial charge in [0.1, 0.15) is 0 Å². The zero-order valence-corrected chi connectivity index (χ0v) is 15.4. The van der Waals surface area contributed by atoms with Crippen LogP contribution in [-0.4, -0.2) is 27.6 Å². The van der Waals surface area contributed by atoms with Gasteiger partial charge in [0, 0.05) is 18.3 Å². The number of hydrogen-bond acceptors (Lipinski definition) is 3. The Balaban J connectivity index is 2.39. The van der Waals surface area contributed by atoms with Gasteiger partial charge in [-0.2, -0.15) is 0 Å². The molecule has 6 heteroatoms. The number of carbonyl (C=O) groups excluding carboxylic acids is 1. The molecule has 0 fully saturated rings. The van der Waals surface area contributed by atoms with E-state index in [4.69, 9.17) is 0 Å². The lowest BCUT2D eigenvalue weighted by molar-refractivity contribution is 0.102. The number of anilines is 2. The van der Waals surface area contributed by atoms with Gasteiger partial charge in [0.15, 0.2) is 0 Å². The van der Waals surface area contributed by atoms with E-state index in [-0.39, 0.29) is 5.91 Å². The summed E-state index contributed by atoms with van der Waals surface area (Å²) in [7, 11) is -1.91. The molecule has 0 heterocycles. The number of sulfonamides is 1. The first kappa shape index (κ1) is 18.0. The molecular weight excluding hydrogens is 324 g/mol. The second-order valence-corrected chi connectivity index (χ2v) is 7.97. The van der Waals surface area contributed by atoms with Crippen molar-refractivity contribution in [1.82, 2.24) is 0 Å². The summed E-state index contributed by atoms with van der Waals surface area (Å²) in [5, 5.41) is 2.91. The Hall–Kier alpha value is -2.34. The second-order valence-electron chi connectivity index (χ2n) is 5.95. The molecule has 0 aliphatic carbocycles. The van der Waals surface area contributed by atoms with E-state index in [1.54, 1.807) is 25.1 Å². The van der Waals surface area contributed by atoms with Crippen LogP contribution in [0.15, 0.2) is 36.4 Å². The molecule has 0 aromatic heterocycles. The zero-order chi connectivity index (χ0) is 18.1. The Labute approximate surface area is 143 Å². The van der Waals surface area contributed by atoms with E-state index in [0.29, 0.717) is 16.8 Å². The highest BCUT2D eigenvalue weighted by atomic mass is 32.2. The molecule has 0 saturated carbocycles. The SMILES string of the molecule is Cc1ccc(C)c(NC(=O)c2cccc(N(C)S(C)(=O)=O)c2C)c1. The van der Waals surface area contributed by atoms with Gasteiger partial charge in [0.05, 0.1) is 11.9 Å². The van der Waals surface area contributed by atoms with Gasteiger partial charge in [-0.3, -0.25) is 9.10 Å². The van der Waals surface area contributed by atoms with Gasteiger partial charge >= 0.3 is 0 Å². The van der Waals surface area contributed by atoms with E-state index >= 15 is 0 Å². The number of nitrogens with zero attached hydrogens (tertiary/aromatic N) is 1. The molecule has 128 valence electrons. The van der Waals surface area contributed by atoms with E-state index < -0.39 is 10.0 Å². The quantitative estimate of drug-likeness (QED) is 0.924. The molecule has 1 amide bonds.